The number of urea groups is 1. The van der Waals surface area contributed by atoms with Crippen LogP contribution in [0.4, 0.5) is 4.79 Å². The molecule has 1 aliphatic heterocycles. The number of ether oxygens (including phenoxy) is 1. The van der Waals surface area contributed by atoms with Crippen molar-refractivity contribution in [2.24, 2.45) is 0 Å². The van der Waals surface area contributed by atoms with Crippen LogP contribution < -0.4 is 5.32 Å². The van der Waals surface area contributed by atoms with Crippen LogP contribution in [0, 0.1) is 0 Å². The lowest BCUT2D eigenvalue weighted by Gasteiger charge is -2.12. The average Bonchev–Trinajstić information content (AvgIpc) is 2.90. The minimum Gasteiger partial charge on any atom is -0.452 e. The minimum absolute atomic E-state index is 0.304. The summed E-state index contributed by atoms with van der Waals surface area (Å²) in [5.74, 6) is -0.708. The fourth-order valence-electron chi connectivity index (χ4n) is 2.00. The van der Waals surface area contributed by atoms with Gasteiger partial charge in [-0.25, -0.2) is 9.59 Å². The highest BCUT2D eigenvalue weighted by Gasteiger charge is 2.26. The monoisotopic (exact) mass is 290 g/mol. The molecule has 1 fully saturated rings. The third-order valence-corrected chi connectivity index (χ3v) is 3.30. The lowest BCUT2D eigenvalue weighted by atomic mass is 10.0. The van der Waals surface area contributed by atoms with E-state index in [-0.39, 0.29) is 0 Å². The zero-order valence-electron chi connectivity index (χ0n) is 12.1. The van der Waals surface area contributed by atoms with Crippen LogP contribution in [0.1, 0.15) is 35.7 Å². The fraction of sp³-hybridized carbons (Fsp3) is 0.400. The van der Waals surface area contributed by atoms with Crippen molar-refractivity contribution >= 4 is 17.9 Å². The molecule has 0 atom stereocenters. The molecular weight excluding hydrogens is 272 g/mol. The Bertz CT molecular complexity index is 551. The number of benzene rings is 1. The normalized spacial score (nSPS) is 14.2. The largest absolute Gasteiger partial charge is 0.452 e. The minimum atomic E-state index is -0.571. The number of imide groups is 1. The number of nitrogens with zero attached hydrogens (tertiary/aromatic N) is 1. The Labute approximate surface area is 123 Å². The zero-order chi connectivity index (χ0) is 15.4. The van der Waals surface area contributed by atoms with Crippen molar-refractivity contribution in [2.75, 3.05) is 19.7 Å². The summed E-state index contributed by atoms with van der Waals surface area (Å²) in [6.07, 6.45) is 0. The van der Waals surface area contributed by atoms with Gasteiger partial charge in [0.25, 0.3) is 5.91 Å². The predicted molar refractivity (Wildman–Crippen MR) is 75.9 cm³/mol. The first-order valence-corrected chi connectivity index (χ1v) is 6.84. The molecule has 0 spiro atoms. The smallest absolute Gasteiger partial charge is 0.338 e. The number of rotatable bonds is 4. The lowest BCUT2D eigenvalue weighted by Crippen LogP contribution is -2.37. The number of hydrogen-bond acceptors (Lipinski definition) is 4. The summed E-state index contributed by atoms with van der Waals surface area (Å²) in [4.78, 5) is 35.9. The highest BCUT2D eigenvalue weighted by Crippen LogP contribution is 2.15. The topological polar surface area (TPSA) is 75.7 Å². The van der Waals surface area contributed by atoms with Crippen molar-refractivity contribution in [2.45, 2.75) is 19.8 Å². The van der Waals surface area contributed by atoms with E-state index in [4.69, 9.17) is 4.74 Å². The van der Waals surface area contributed by atoms with E-state index >= 15 is 0 Å². The second kappa shape index (κ2) is 6.39. The number of carbonyl (C=O) groups excluding carboxylic acids is 3. The van der Waals surface area contributed by atoms with Gasteiger partial charge in [0, 0.05) is 13.1 Å². The zero-order valence-corrected chi connectivity index (χ0v) is 12.1. The molecule has 0 unspecified atom stereocenters. The summed E-state index contributed by atoms with van der Waals surface area (Å²) in [7, 11) is 0. The maximum atomic E-state index is 11.8. The van der Waals surface area contributed by atoms with Crippen LogP contribution in [-0.4, -0.2) is 42.5 Å². The molecular formula is C15H18N2O4. The van der Waals surface area contributed by atoms with Gasteiger partial charge in [0.15, 0.2) is 6.61 Å². The third-order valence-electron chi connectivity index (χ3n) is 3.30. The highest BCUT2D eigenvalue weighted by atomic mass is 16.5. The molecule has 1 aliphatic rings. The number of esters is 1. The summed E-state index contributed by atoms with van der Waals surface area (Å²) in [6.45, 7) is 4.42. The second-order valence-electron chi connectivity index (χ2n) is 5.13. The molecule has 1 saturated heterocycles. The summed E-state index contributed by atoms with van der Waals surface area (Å²) < 4.78 is 4.94. The van der Waals surface area contributed by atoms with Crippen molar-refractivity contribution in [3.63, 3.8) is 0 Å². The average molecular weight is 290 g/mol. The molecule has 3 amide bonds. The van der Waals surface area contributed by atoms with E-state index in [0.717, 1.165) is 10.5 Å². The molecule has 0 bridgehead atoms. The quantitative estimate of drug-likeness (QED) is 0.853. The molecule has 0 aliphatic carbocycles. The van der Waals surface area contributed by atoms with Gasteiger partial charge in [-0.05, 0) is 23.6 Å². The number of hydrogen-bond donors (Lipinski definition) is 1. The molecule has 6 heteroatoms. The van der Waals surface area contributed by atoms with Crippen molar-refractivity contribution in [3.05, 3.63) is 35.4 Å². The van der Waals surface area contributed by atoms with Crippen LogP contribution in [0.25, 0.3) is 0 Å². The summed E-state index contributed by atoms with van der Waals surface area (Å²) in [6, 6.07) is 6.61. The molecule has 1 N–H and O–H groups in total. The number of nitrogens with one attached hydrogen (secondary N) is 1. The molecule has 0 radical (unpaired) electrons. The van der Waals surface area contributed by atoms with Crippen molar-refractivity contribution in [3.8, 4) is 0 Å². The molecule has 0 aromatic heterocycles. The predicted octanol–water partition coefficient (Wildman–Crippen LogP) is 1.52. The highest BCUT2D eigenvalue weighted by molar-refractivity contribution is 5.98. The third kappa shape index (κ3) is 3.59. The van der Waals surface area contributed by atoms with Crippen LogP contribution in [-0.2, 0) is 9.53 Å². The molecule has 0 saturated carbocycles. The van der Waals surface area contributed by atoms with Crippen LogP contribution >= 0.6 is 0 Å². The van der Waals surface area contributed by atoms with Crippen LogP contribution in [0.15, 0.2) is 24.3 Å². The Morgan fingerprint density at radius 2 is 1.95 bits per heavy atom. The summed E-state index contributed by atoms with van der Waals surface area (Å²) in [5, 5.41) is 2.51. The van der Waals surface area contributed by atoms with Crippen LogP contribution in [0.2, 0.25) is 0 Å². The summed E-state index contributed by atoms with van der Waals surface area (Å²) in [5.41, 5.74) is 1.51. The number of carbonyl (C=O) groups is 3. The Morgan fingerprint density at radius 3 is 2.48 bits per heavy atom. The molecule has 1 aromatic rings. The van der Waals surface area contributed by atoms with E-state index in [1.807, 2.05) is 12.1 Å². The Balaban J connectivity index is 1.89. The van der Waals surface area contributed by atoms with Gasteiger partial charge < -0.3 is 10.1 Å². The van der Waals surface area contributed by atoms with Crippen molar-refractivity contribution < 1.29 is 19.1 Å². The Morgan fingerprint density at radius 1 is 1.29 bits per heavy atom. The Kier molecular flexibility index (Phi) is 4.57. The Hall–Kier alpha value is -2.37. The maximum absolute atomic E-state index is 11.8. The molecule has 1 heterocycles. The first-order chi connectivity index (χ1) is 9.99. The second-order valence-corrected chi connectivity index (χ2v) is 5.13. The molecule has 21 heavy (non-hydrogen) atoms. The lowest BCUT2D eigenvalue weighted by molar-refractivity contribution is -0.130. The maximum Gasteiger partial charge on any atom is 0.338 e. The van der Waals surface area contributed by atoms with Gasteiger partial charge in [0.2, 0.25) is 0 Å². The van der Waals surface area contributed by atoms with Gasteiger partial charge in [-0.3, -0.25) is 9.69 Å². The van der Waals surface area contributed by atoms with E-state index in [1.165, 1.54) is 0 Å². The van der Waals surface area contributed by atoms with Crippen molar-refractivity contribution in [1.29, 1.82) is 0 Å². The summed E-state index contributed by atoms with van der Waals surface area (Å²) >= 11 is 0. The van der Waals surface area contributed by atoms with Gasteiger partial charge in [0.1, 0.15) is 0 Å². The van der Waals surface area contributed by atoms with E-state index in [0.29, 0.717) is 24.6 Å². The first kappa shape index (κ1) is 15.0. The van der Waals surface area contributed by atoms with Gasteiger partial charge in [-0.15, -0.1) is 0 Å². The van der Waals surface area contributed by atoms with E-state index in [1.54, 1.807) is 12.1 Å². The van der Waals surface area contributed by atoms with E-state index in [2.05, 4.69) is 19.2 Å². The van der Waals surface area contributed by atoms with Gasteiger partial charge >= 0.3 is 12.0 Å². The van der Waals surface area contributed by atoms with Gasteiger partial charge in [-0.1, -0.05) is 26.0 Å². The van der Waals surface area contributed by atoms with Gasteiger partial charge in [-0.2, -0.15) is 0 Å². The van der Waals surface area contributed by atoms with Crippen LogP contribution in [0.3, 0.4) is 0 Å². The van der Waals surface area contributed by atoms with Crippen molar-refractivity contribution in [1.82, 2.24) is 10.2 Å². The first-order valence-electron chi connectivity index (χ1n) is 6.84. The molecule has 2 rings (SSSR count). The molecule has 6 nitrogen and oxygen atoms in total. The van der Waals surface area contributed by atoms with E-state index < -0.39 is 24.5 Å². The molecule has 1 aromatic carbocycles. The SMILES string of the molecule is CC(C)c1ccc(C(=O)OCC(=O)N2CCNC2=O)cc1. The van der Waals surface area contributed by atoms with Gasteiger partial charge in [0.05, 0.1) is 5.56 Å². The standard InChI is InChI=1S/C15H18N2O4/c1-10(2)11-3-5-12(6-4-11)14(19)21-9-13(18)17-8-7-16-15(17)20/h3-6,10H,7-9H2,1-2H3,(H,16,20). The number of amides is 3. The van der Waals surface area contributed by atoms with Crippen LogP contribution in [0.5, 0.6) is 0 Å². The fourth-order valence-corrected chi connectivity index (χ4v) is 2.00. The molecule has 112 valence electrons. The van der Waals surface area contributed by atoms with E-state index in [9.17, 15) is 14.4 Å².